The molecule has 0 radical (unpaired) electrons. The fourth-order valence-electron chi connectivity index (χ4n) is 4.66. The van der Waals surface area contributed by atoms with E-state index in [1.165, 1.54) is 0 Å². The van der Waals surface area contributed by atoms with E-state index in [2.05, 4.69) is 113 Å². The molecule has 26 heavy (non-hydrogen) atoms. The van der Waals surface area contributed by atoms with Crippen LogP contribution in [0, 0.1) is 0 Å². The summed E-state index contributed by atoms with van der Waals surface area (Å²) in [6.45, 7) is 14.9. The van der Waals surface area contributed by atoms with E-state index in [0.29, 0.717) is 39.8 Å². The third-order valence-corrected chi connectivity index (χ3v) is 22.0. The minimum absolute atomic E-state index is 0.324. The fourth-order valence-corrected chi connectivity index (χ4v) is 20.3. The molecule has 1 fully saturated rings. The van der Waals surface area contributed by atoms with E-state index in [1.54, 1.807) is 11.4 Å². The van der Waals surface area contributed by atoms with Crippen molar-refractivity contribution < 1.29 is 9.13 Å². The van der Waals surface area contributed by atoms with Crippen LogP contribution in [0.3, 0.4) is 0 Å². The van der Waals surface area contributed by atoms with Crippen LogP contribution in [-0.2, 0) is 28.2 Å². The maximum absolute atomic E-state index is 2.48. The second kappa shape index (κ2) is 6.04. The molecule has 0 N–H and O–H groups in total. The van der Waals surface area contributed by atoms with E-state index in [-0.39, 0.29) is 0 Å². The Balaban J connectivity index is 2.21. The van der Waals surface area contributed by atoms with Crippen molar-refractivity contribution in [2.75, 3.05) is 0 Å². The molecule has 3 rings (SSSR count). The first-order valence-corrected chi connectivity index (χ1v) is 13.4. The van der Waals surface area contributed by atoms with Gasteiger partial charge in [-0.1, -0.05) is 0 Å². The summed E-state index contributed by atoms with van der Waals surface area (Å²) in [6.07, 6.45) is 8.96. The standard InChI is InChI=1S/C18H34B2N4Se2/c1-17(2,3)19(15-21(7)11-12-22(15)8)25-20(26-19,18(4,5)6)16-23(9)13-14-24(16)10/h11-14H,1-10H3. The summed E-state index contributed by atoms with van der Waals surface area (Å²) in [6, 6.07) is 0. The van der Waals surface area contributed by atoms with Crippen molar-refractivity contribution in [3.05, 3.63) is 24.8 Å². The van der Waals surface area contributed by atoms with E-state index in [0.717, 1.165) is 0 Å². The Morgan fingerprint density at radius 1 is 0.731 bits per heavy atom. The SMILES string of the molecule is Cn1cc[n+](C)c1[B-]1(C(C)(C)C)[Se][B-](c2n(C)cc[n+]2C)(C(C)(C)C)[Se]1. The van der Waals surface area contributed by atoms with Crippen LogP contribution in [0.25, 0.3) is 0 Å². The Kier molecular flexibility index (Phi) is 4.72. The number of nitrogens with zero attached hydrogens (tertiary/aromatic N) is 4. The average Bonchev–Trinajstić information content (AvgIpc) is 2.93. The van der Waals surface area contributed by atoms with Gasteiger partial charge in [-0.05, 0) is 0 Å². The molecule has 2 aromatic heterocycles. The molecule has 8 heteroatoms. The summed E-state index contributed by atoms with van der Waals surface area (Å²) in [4.78, 5) is 0. The Morgan fingerprint density at radius 3 is 1.23 bits per heavy atom. The first-order valence-electron chi connectivity index (χ1n) is 9.48. The van der Waals surface area contributed by atoms with E-state index in [1.807, 2.05) is 0 Å². The van der Waals surface area contributed by atoms with Gasteiger partial charge in [-0.25, -0.2) is 0 Å². The zero-order chi connectivity index (χ0) is 19.7. The van der Waals surface area contributed by atoms with Crippen LogP contribution in [0.4, 0.5) is 0 Å². The Bertz CT molecular complexity index is 729. The first kappa shape index (κ1) is 20.3. The molecule has 0 aliphatic carbocycles. The van der Waals surface area contributed by atoms with Crippen molar-refractivity contribution in [3.63, 3.8) is 0 Å². The van der Waals surface area contributed by atoms with Crippen molar-refractivity contribution >= 4 is 48.2 Å². The summed E-state index contributed by atoms with van der Waals surface area (Å²) in [5.41, 5.74) is 3.16. The molecular formula is C18H34B2N4Se2. The minimum atomic E-state index is -0.528. The van der Waals surface area contributed by atoms with Crippen molar-refractivity contribution in [2.45, 2.75) is 52.2 Å². The number of aryl methyl sites for hydroxylation is 4. The third-order valence-electron chi connectivity index (χ3n) is 6.20. The Morgan fingerprint density at radius 2 is 1.04 bits per heavy atom. The number of rotatable bonds is 2. The molecule has 0 amide bonds. The zero-order valence-electron chi connectivity index (χ0n) is 18.1. The summed E-state index contributed by atoms with van der Waals surface area (Å²) in [7, 11) is 8.96. The molecule has 2 aromatic rings. The van der Waals surface area contributed by atoms with E-state index < -0.39 is 7.54 Å². The third kappa shape index (κ3) is 2.63. The molecule has 3 heterocycles. The summed E-state index contributed by atoms with van der Waals surface area (Å²) in [5.74, 6) is 0. The normalized spacial score (nSPS) is 26.8. The number of aromatic nitrogens is 4. The summed E-state index contributed by atoms with van der Waals surface area (Å²) in [5, 5.41) is 0.647. The van der Waals surface area contributed by atoms with Crippen LogP contribution in [0.5, 0.6) is 0 Å². The average molecular weight is 486 g/mol. The molecule has 0 bridgehead atoms. The number of imidazole rings is 2. The monoisotopic (exact) mass is 488 g/mol. The summed E-state index contributed by atoms with van der Waals surface area (Å²) < 4.78 is 8.56. The molecule has 1 aliphatic rings. The molecule has 144 valence electrons. The molecule has 1 saturated heterocycles. The van der Waals surface area contributed by atoms with Gasteiger partial charge in [0.05, 0.1) is 0 Å². The van der Waals surface area contributed by atoms with Crippen LogP contribution in [0.15, 0.2) is 24.8 Å². The van der Waals surface area contributed by atoms with E-state index >= 15 is 0 Å². The maximum atomic E-state index is 2.48. The first-order chi connectivity index (χ1) is 11.8. The van der Waals surface area contributed by atoms with Crippen molar-refractivity contribution in [1.29, 1.82) is 0 Å². The van der Waals surface area contributed by atoms with Crippen LogP contribution < -0.4 is 20.6 Å². The van der Waals surface area contributed by atoms with Crippen LogP contribution in [-0.4, -0.2) is 45.9 Å². The quantitative estimate of drug-likeness (QED) is 0.422. The summed E-state index contributed by atoms with van der Waals surface area (Å²) >= 11 is 1.15. The molecule has 0 aromatic carbocycles. The van der Waals surface area contributed by atoms with Gasteiger partial charge in [-0.2, -0.15) is 0 Å². The Hall–Kier alpha value is -0.411. The van der Waals surface area contributed by atoms with Gasteiger partial charge < -0.3 is 0 Å². The molecule has 0 saturated carbocycles. The molecule has 0 spiro atoms. The van der Waals surface area contributed by atoms with Crippen LogP contribution in [0.2, 0.25) is 10.6 Å². The topological polar surface area (TPSA) is 17.6 Å². The molecule has 4 nitrogen and oxygen atoms in total. The molecule has 1 aliphatic heterocycles. The number of hydrogen-bond acceptors (Lipinski definition) is 0. The van der Waals surface area contributed by atoms with Crippen molar-refractivity contribution in [1.82, 2.24) is 9.13 Å². The van der Waals surface area contributed by atoms with E-state index in [4.69, 9.17) is 0 Å². The van der Waals surface area contributed by atoms with Gasteiger partial charge >= 0.3 is 172 Å². The van der Waals surface area contributed by atoms with Gasteiger partial charge in [-0.15, -0.1) is 0 Å². The van der Waals surface area contributed by atoms with Gasteiger partial charge in [0.25, 0.3) is 0 Å². The van der Waals surface area contributed by atoms with Gasteiger partial charge in [0.2, 0.25) is 0 Å². The molecule has 0 unspecified atom stereocenters. The number of hydrogen-bond donors (Lipinski definition) is 0. The van der Waals surface area contributed by atoms with Crippen LogP contribution >= 0.6 is 0 Å². The second-order valence-electron chi connectivity index (χ2n) is 10.2. The predicted molar refractivity (Wildman–Crippen MR) is 115 cm³/mol. The van der Waals surface area contributed by atoms with Gasteiger partial charge in [0.15, 0.2) is 0 Å². The molecule has 0 atom stereocenters. The van der Waals surface area contributed by atoms with Crippen molar-refractivity contribution in [3.8, 4) is 0 Å². The van der Waals surface area contributed by atoms with E-state index in [9.17, 15) is 0 Å². The fraction of sp³-hybridized carbons (Fsp3) is 0.667. The second-order valence-corrected chi connectivity index (χ2v) is 20.3. The van der Waals surface area contributed by atoms with Gasteiger partial charge in [-0.3, -0.25) is 0 Å². The zero-order valence-corrected chi connectivity index (χ0v) is 21.5. The van der Waals surface area contributed by atoms with Crippen LogP contribution in [0.1, 0.15) is 41.5 Å². The van der Waals surface area contributed by atoms with Gasteiger partial charge in [0.1, 0.15) is 0 Å². The predicted octanol–water partition coefficient (Wildman–Crippen LogP) is 0.0334. The van der Waals surface area contributed by atoms with Crippen molar-refractivity contribution in [2.24, 2.45) is 28.2 Å². The Labute approximate surface area is 171 Å². The van der Waals surface area contributed by atoms with Gasteiger partial charge in [0, 0.05) is 0 Å². The molecular weight excluding hydrogens is 452 g/mol.